The molecular weight excluding hydrogens is 279 g/mol. The molecule has 1 N–H and O–H groups in total. The van der Waals surface area contributed by atoms with Crippen molar-refractivity contribution in [2.24, 2.45) is 0 Å². The molecule has 5 heteroatoms. The van der Waals surface area contributed by atoms with Crippen LogP contribution < -0.4 is 0 Å². The second kappa shape index (κ2) is 5.98. The van der Waals surface area contributed by atoms with Crippen molar-refractivity contribution in [1.29, 1.82) is 5.26 Å². The third-order valence-corrected chi connectivity index (χ3v) is 3.19. The Labute approximate surface area is 120 Å². The maximum atomic E-state index is 12.5. The zero-order chi connectivity index (χ0) is 15.5. The van der Waals surface area contributed by atoms with Crippen LogP contribution in [0.5, 0.6) is 0 Å². The van der Waals surface area contributed by atoms with E-state index in [9.17, 15) is 23.5 Å². The van der Waals surface area contributed by atoms with E-state index >= 15 is 0 Å². The fraction of sp³-hybridized carbons (Fsp3) is 0.188. The molecule has 0 spiro atoms. The normalized spacial score (nSPS) is 14.2. The summed E-state index contributed by atoms with van der Waals surface area (Å²) in [6.45, 7) is 0. The molecule has 2 atom stereocenters. The standard InChI is InChI=1S/C16H12F3NO/c17-16(18,19)13-8-6-12(7-9-13)15(21)14(10-20)11-4-2-1-3-5-11/h1-9,14-15,21H/t14?,15-/m0/s1. The quantitative estimate of drug-likeness (QED) is 0.927. The molecule has 0 fully saturated rings. The average molecular weight is 291 g/mol. The van der Waals surface area contributed by atoms with Crippen molar-refractivity contribution in [3.8, 4) is 6.07 Å². The Balaban J connectivity index is 2.27. The summed E-state index contributed by atoms with van der Waals surface area (Å²) in [4.78, 5) is 0. The van der Waals surface area contributed by atoms with Crippen LogP contribution in [0.3, 0.4) is 0 Å². The Morgan fingerprint density at radius 1 is 0.905 bits per heavy atom. The van der Waals surface area contributed by atoms with Crippen molar-refractivity contribution >= 4 is 0 Å². The van der Waals surface area contributed by atoms with Gasteiger partial charge in [-0.2, -0.15) is 18.4 Å². The first-order chi connectivity index (χ1) is 9.93. The number of hydrogen-bond acceptors (Lipinski definition) is 2. The molecule has 1 unspecified atom stereocenters. The first-order valence-electron chi connectivity index (χ1n) is 6.23. The highest BCUT2D eigenvalue weighted by molar-refractivity contribution is 5.33. The van der Waals surface area contributed by atoms with Crippen LogP contribution in [-0.4, -0.2) is 5.11 Å². The monoisotopic (exact) mass is 291 g/mol. The topological polar surface area (TPSA) is 44.0 Å². The van der Waals surface area contributed by atoms with E-state index in [1.54, 1.807) is 30.3 Å². The third kappa shape index (κ3) is 3.41. The Bertz CT molecular complexity index is 629. The fourth-order valence-electron chi connectivity index (χ4n) is 2.05. The Hall–Kier alpha value is -2.32. The predicted octanol–water partition coefficient (Wildman–Crippen LogP) is 4.05. The summed E-state index contributed by atoms with van der Waals surface area (Å²) in [5, 5.41) is 19.4. The molecule has 0 aliphatic carbocycles. The molecule has 0 amide bonds. The lowest BCUT2D eigenvalue weighted by Gasteiger charge is -2.18. The number of halogens is 3. The minimum Gasteiger partial charge on any atom is -0.387 e. The van der Waals surface area contributed by atoms with Gasteiger partial charge in [0.25, 0.3) is 0 Å². The second-order valence-corrected chi connectivity index (χ2v) is 4.58. The lowest BCUT2D eigenvalue weighted by Crippen LogP contribution is -2.10. The zero-order valence-electron chi connectivity index (χ0n) is 10.9. The fourth-order valence-corrected chi connectivity index (χ4v) is 2.05. The van der Waals surface area contributed by atoms with Crippen LogP contribution in [0.25, 0.3) is 0 Å². The van der Waals surface area contributed by atoms with Gasteiger partial charge in [-0.25, -0.2) is 0 Å². The molecule has 2 rings (SSSR count). The molecule has 0 aliphatic heterocycles. The highest BCUT2D eigenvalue weighted by Gasteiger charge is 2.31. The van der Waals surface area contributed by atoms with Gasteiger partial charge in [0.1, 0.15) is 5.92 Å². The number of benzene rings is 2. The summed E-state index contributed by atoms with van der Waals surface area (Å²) in [6, 6.07) is 14.8. The Morgan fingerprint density at radius 2 is 1.48 bits per heavy atom. The van der Waals surface area contributed by atoms with E-state index in [2.05, 4.69) is 0 Å². The van der Waals surface area contributed by atoms with Crippen molar-refractivity contribution in [1.82, 2.24) is 0 Å². The van der Waals surface area contributed by atoms with Crippen LogP contribution >= 0.6 is 0 Å². The molecule has 0 aliphatic rings. The average Bonchev–Trinajstić information content (AvgIpc) is 2.48. The van der Waals surface area contributed by atoms with Gasteiger partial charge in [-0.3, -0.25) is 0 Å². The van der Waals surface area contributed by atoms with Crippen molar-refractivity contribution < 1.29 is 18.3 Å². The molecule has 0 bridgehead atoms. The van der Waals surface area contributed by atoms with Gasteiger partial charge in [0.05, 0.1) is 17.7 Å². The van der Waals surface area contributed by atoms with E-state index < -0.39 is 23.8 Å². The number of nitrogens with zero attached hydrogens (tertiary/aromatic N) is 1. The number of hydrogen-bond donors (Lipinski definition) is 1. The molecule has 2 nitrogen and oxygen atoms in total. The minimum atomic E-state index is -4.42. The third-order valence-electron chi connectivity index (χ3n) is 3.19. The van der Waals surface area contributed by atoms with Crippen LogP contribution in [0.4, 0.5) is 13.2 Å². The highest BCUT2D eigenvalue weighted by atomic mass is 19.4. The van der Waals surface area contributed by atoms with Crippen LogP contribution in [0.2, 0.25) is 0 Å². The lowest BCUT2D eigenvalue weighted by molar-refractivity contribution is -0.137. The van der Waals surface area contributed by atoms with E-state index in [4.69, 9.17) is 0 Å². The van der Waals surface area contributed by atoms with Gasteiger partial charge in [-0.05, 0) is 23.3 Å². The van der Waals surface area contributed by atoms with Crippen LogP contribution in [0, 0.1) is 11.3 Å². The van der Waals surface area contributed by atoms with Crippen molar-refractivity contribution in [3.63, 3.8) is 0 Å². The summed E-state index contributed by atoms with van der Waals surface area (Å²) < 4.78 is 37.5. The highest BCUT2D eigenvalue weighted by Crippen LogP contribution is 2.33. The molecule has 21 heavy (non-hydrogen) atoms. The number of nitriles is 1. The summed E-state index contributed by atoms with van der Waals surface area (Å²) in [5.74, 6) is -0.831. The van der Waals surface area contributed by atoms with Crippen molar-refractivity contribution in [2.75, 3.05) is 0 Å². The molecule has 0 heterocycles. The maximum Gasteiger partial charge on any atom is 0.416 e. The van der Waals surface area contributed by atoms with Gasteiger partial charge in [0.15, 0.2) is 0 Å². The lowest BCUT2D eigenvalue weighted by atomic mass is 9.90. The molecule has 2 aromatic rings. The molecule has 108 valence electrons. The Morgan fingerprint density at radius 3 is 1.95 bits per heavy atom. The maximum absolute atomic E-state index is 12.5. The van der Waals surface area contributed by atoms with Gasteiger partial charge in [0, 0.05) is 0 Å². The summed E-state index contributed by atoms with van der Waals surface area (Å²) in [7, 11) is 0. The second-order valence-electron chi connectivity index (χ2n) is 4.58. The SMILES string of the molecule is N#CC(c1ccccc1)[C@@H](O)c1ccc(C(F)(F)F)cc1. The van der Waals surface area contributed by atoms with Gasteiger partial charge in [-0.15, -0.1) is 0 Å². The molecule has 0 radical (unpaired) electrons. The van der Waals surface area contributed by atoms with E-state index in [1.165, 1.54) is 12.1 Å². The summed E-state index contributed by atoms with van der Waals surface area (Å²) in [5.41, 5.74) is 0.109. The van der Waals surface area contributed by atoms with E-state index in [1.807, 2.05) is 6.07 Å². The zero-order valence-corrected chi connectivity index (χ0v) is 10.9. The first-order valence-corrected chi connectivity index (χ1v) is 6.23. The number of aliphatic hydroxyl groups excluding tert-OH is 1. The summed E-state index contributed by atoms with van der Waals surface area (Å²) >= 11 is 0. The van der Waals surface area contributed by atoms with Gasteiger partial charge >= 0.3 is 6.18 Å². The largest absolute Gasteiger partial charge is 0.416 e. The molecule has 0 saturated heterocycles. The minimum absolute atomic E-state index is 0.276. The van der Waals surface area contributed by atoms with Gasteiger partial charge < -0.3 is 5.11 Å². The molecule has 0 saturated carbocycles. The van der Waals surface area contributed by atoms with Gasteiger partial charge in [-0.1, -0.05) is 42.5 Å². The summed E-state index contributed by atoms with van der Waals surface area (Å²) in [6.07, 6.45) is -5.60. The predicted molar refractivity (Wildman–Crippen MR) is 71.2 cm³/mol. The number of aliphatic hydroxyl groups is 1. The number of rotatable bonds is 3. The van der Waals surface area contributed by atoms with Crippen LogP contribution in [0.15, 0.2) is 54.6 Å². The molecule has 0 aromatic heterocycles. The van der Waals surface area contributed by atoms with Crippen molar-refractivity contribution in [2.45, 2.75) is 18.2 Å². The van der Waals surface area contributed by atoms with Crippen LogP contribution in [0.1, 0.15) is 28.7 Å². The smallest absolute Gasteiger partial charge is 0.387 e. The molecule has 2 aromatic carbocycles. The first kappa shape index (κ1) is 15.1. The van der Waals surface area contributed by atoms with Crippen molar-refractivity contribution in [3.05, 3.63) is 71.3 Å². The number of alkyl halides is 3. The Kier molecular flexibility index (Phi) is 4.29. The van der Waals surface area contributed by atoms with Gasteiger partial charge in [0.2, 0.25) is 0 Å². The van der Waals surface area contributed by atoms with E-state index in [0.717, 1.165) is 12.1 Å². The van der Waals surface area contributed by atoms with E-state index in [0.29, 0.717) is 5.56 Å². The van der Waals surface area contributed by atoms with Crippen LogP contribution in [-0.2, 0) is 6.18 Å². The molecular formula is C16H12F3NO. The van der Waals surface area contributed by atoms with E-state index in [-0.39, 0.29) is 5.56 Å².